The highest BCUT2D eigenvalue weighted by Gasteiger charge is 2.12. The molecule has 8 heteroatoms. The number of Topliss-reactive ketones (excluding diaryl/α,β-unsaturated/α-hetero) is 1. The number of carbonyl (C=O) groups is 2. The molecule has 0 radical (unpaired) electrons. The highest BCUT2D eigenvalue weighted by molar-refractivity contribution is 6.03. The SMILES string of the molecule is COc1ccc(OC)c(Nc2cc(C(=O)Nc3ccc(C(C)=O)cc3)ncn2)c1. The molecule has 1 heterocycles. The van der Waals surface area contributed by atoms with E-state index in [0.717, 1.165) is 0 Å². The molecule has 2 aromatic carbocycles. The van der Waals surface area contributed by atoms with Gasteiger partial charge in [-0.25, -0.2) is 9.97 Å². The number of rotatable bonds is 7. The molecule has 8 nitrogen and oxygen atoms in total. The van der Waals surface area contributed by atoms with Gasteiger partial charge in [0.25, 0.3) is 5.91 Å². The third-order valence-electron chi connectivity index (χ3n) is 4.12. The maximum absolute atomic E-state index is 12.5. The van der Waals surface area contributed by atoms with Gasteiger partial charge in [0.05, 0.1) is 19.9 Å². The summed E-state index contributed by atoms with van der Waals surface area (Å²) in [7, 11) is 3.13. The van der Waals surface area contributed by atoms with Gasteiger partial charge in [0, 0.05) is 23.4 Å². The van der Waals surface area contributed by atoms with Gasteiger partial charge in [-0.1, -0.05) is 0 Å². The number of methoxy groups -OCH3 is 2. The van der Waals surface area contributed by atoms with Crippen LogP contribution in [0.3, 0.4) is 0 Å². The van der Waals surface area contributed by atoms with Crippen molar-refractivity contribution in [2.75, 3.05) is 24.9 Å². The third kappa shape index (κ3) is 4.86. The van der Waals surface area contributed by atoms with Crippen LogP contribution in [0.4, 0.5) is 17.2 Å². The van der Waals surface area contributed by atoms with Crippen LogP contribution >= 0.6 is 0 Å². The normalized spacial score (nSPS) is 10.2. The summed E-state index contributed by atoms with van der Waals surface area (Å²) in [5, 5.41) is 5.85. The minimum absolute atomic E-state index is 0.0395. The molecule has 2 N–H and O–H groups in total. The number of ketones is 1. The standard InChI is InChI=1S/C21H20N4O4/c1-13(26)14-4-6-15(7-5-14)24-21(27)18-11-20(23-12-22-18)25-17-10-16(28-2)8-9-19(17)29-3/h4-12H,1-3H3,(H,24,27)(H,22,23,25). The van der Waals surface area contributed by atoms with E-state index in [1.165, 1.54) is 19.3 Å². The van der Waals surface area contributed by atoms with Crippen molar-refractivity contribution in [3.63, 3.8) is 0 Å². The van der Waals surface area contributed by atoms with Gasteiger partial charge in [-0.2, -0.15) is 0 Å². The molecule has 148 valence electrons. The van der Waals surface area contributed by atoms with Gasteiger partial charge in [-0.15, -0.1) is 0 Å². The molecule has 0 spiro atoms. The fourth-order valence-electron chi connectivity index (χ4n) is 2.58. The van der Waals surface area contributed by atoms with Crippen molar-refractivity contribution in [3.8, 4) is 11.5 Å². The Balaban J connectivity index is 1.77. The van der Waals surface area contributed by atoms with Gasteiger partial charge in [-0.3, -0.25) is 9.59 Å². The Morgan fingerprint density at radius 1 is 0.931 bits per heavy atom. The van der Waals surface area contributed by atoms with Crippen LogP contribution < -0.4 is 20.1 Å². The van der Waals surface area contributed by atoms with Gasteiger partial charge < -0.3 is 20.1 Å². The van der Waals surface area contributed by atoms with E-state index in [4.69, 9.17) is 9.47 Å². The van der Waals surface area contributed by atoms with Crippen molar-refractivity contribution in [2.24, 2.45) is 0 Å². The molecule has 0 aliphatic carbocycles. The molecule has 29 heavy (non-hydrogen) atoms. The van der Waals surface area contributed by atoms with Crippen LogP contribution in [0.25, 0.3) is 0 Å². The summed E-state index contributed by atoms with van der Waals surface area (Å²) >= 11 is 0. The summed E-state index contributed by atoms with van der Waals surface area (Å²) < 4.78 is 10.6. The third-order valence-corrected chi connectivity index (χ3v) is 4.12. The summed E-state index contributed by atoms with van der Waals surface area (Å²) in [6, 6.07) is 13.5. The Morgan fingerprint density at radius 3 is 2.34 bits per heavy atom. The monoisotopic (exact) mass is 392 g/mol. The second kappa shape index (κ2) is 8.83. The second-order valence-electron chi connectivity index (χ2n) is 6.07. The lowest BCUT2D eigenvalue weighted by molar-refractivity contribution is 0.101. The lowest BCUT2D eigenvalue weighted by Crippen LogP contribution is -2.14. The first-order valence-corrected chi connectivity index (χ1v) is 8.73. The van der Waals surface area contributed by atoms with E-state index in [9.17, 15) is 9.59 Å². The van der Waals surface area contributed by atoms with Gasteiger partial charge in [0.2, 0.25) is 0 Å². The maximum atomic E-state index is 12.5. The first-order chi connectivity index (χ1) is 14.0. The molecule has 1 aromatic heterocycles. The van der Waals surface area contributed by atoms with Crippen molar-refractivity contribution in [1.82, 2.24) is 9.97 Å². The van der Waals surface area contributed by atoms with Crippen molar-refractivity contribution in [3.05, 3.63) is 66.1 Å². The fraction of sp³-hybridized carbons (Fsp3) is 0.143. The van der Waals surface area contributed by atoms with E-state index in [1.807, 2.05) is 0 Å². The molecule has 0 aliphatic rings. The molecule has 1 amide bonds. The lowest BCUT2D eigenvalue weighted by Gasteiger charge is -2.12. The number of benzene rings is 2. The number of hydrogen-bond donors (Lipinski definition) is 2. The number of aromatic nitrogens is 2. The predicted molar refractivity (Wildman–Crippen MR) is 109 cm³/mol. The molecule has 3 aromatic rings. The predicted octanol–water partition coefficient (Wildman–Crippen LogP) is 3.69. The first kappa shape index (κ1) is 19.8. The fourth-order valence-corrected chi connectivity index (χ4v) is 2.58. The van der Waals surface area contributed by atoms with Crippen molar-refractivity contribution in [1.29, 1.82) is 0 Å². The molecular weight excluding hydrogens is 372 g/mol. The van der Waals surface area contributed by atoms with Gasteiger partial charge in [0.15, 0.2) is 5.78 Å². The zero-order chi connectivity index (χ0) is 20.8. The average Bonchev–Trinajstić information content (AvgIpc) is 2.74. The maximum Gasteiger partial charge on any atom is 0.274 e. The molecule has 3 rings (SSSR count). The lowest BCUT2D eigenvalue weighted by atomic mass is 10.1. The Labute approximate surface area is 167 Å². The van der Waals surface area contributed by atoms with Gasteiger partial charge in [-0.05, 0) is 43.3 Å². The summed E-state index contributed by atoms with van der Waals surface area (Å²) in [4.78, 5) is 32.0. The summed E-state index contributed by atoms with van der Waals surface area (Å²) in [6.07, 6.45) is 1.29. The number of amides is 1. The van der Waals surface area contributed by atoms with E-state index in [0.29, 0.717) is 34.3 Å². The molecule has 0 atom stereocenters. The van der Waals surface area contributed by atoms with E-state index in [2.05, 4.69) is 20.6 Å². The molecule has 0 saturated heterocycles. The van der Waals surface area contributed by atoms with Crippen molar-refractivity contribution >= 4 is 28.9 Å². The van der Waals surface area contributed by atoms with Crippen LogP contribution in [0.15, 0.2) is 54.9 Å². The quantitative estimate of drug-likeness (QED) is 0.591. The second-order valence-corrected chi connectivity index (χ2v) is 6.07. The van der Waals surface area contributed by atoms with Crippen LogP contribution in [0.5, 0.6) is 11.5 Å². The Morgan fingerprint density at radius 2 is 1.69 bits per heavy atom. The van der Waals surface area contributed by atoms with E-state index < -0.39 is 5.91 Å². The van der Waals surface area contributed by atoms with Crippen molar-refractivity contribution < 1.29 is 19.1 Å². The zero-order valence-corrected chi connectivity index (χ0v) is 16.2. The molecule has 0 aliphatic heterocycles. The van der Waals surface area contributed by atoms with Crippen LogP contribution in [0.2, 0.25) is 0 Å². The highest BCUT2D eigenvalue weighted by Crippen LogP contribution is 2.31. The largest absolute Gasteiger partial charge is 0.497 e. The van der Waals surface area contributed by atoms with Crippen LogP contribution in [-0.4, -0.2) is 35.9 Å². The number of anilines is 3. The summed E-state index contributed by atoms with van der Waals surface area (Å²) in [6.45, 7) is 1.49. The minimum atomic E-state index is -0.399. The number of nitrogens with zero attached hydrogens (tertiary/aromatic N) is 2. The van der Waals surface area contributed by atoms with Gasteiger partial charge in [0.1, 0.15) is 29.3 Å². The Kier molecular flexibility index (Phi) is 6.03. The molecule has 0 saturated carbocycles. The Bertz CT molecular complexity index is 1040. The highest BCUT2D eigenvalue weighted by atomic mass is 16.5. The zero-order valence-electron chi connectivity index (χ0n) is 16.2. The number of hydrogen-bond acceptors (Lipinski definition) is 7. The molecule has 0 fully saturated rings. The first-order valence-electron chi connectivity index (χ1n) is 8.73. The minimum Gasteiger partial charge on any atom is -0.497 e. The van der Waals surface area contributed by atoms with Crippen LogP contribution in [0, 0.1) is 0 Å². The van der Waals surface area contributed by atoms with E-state index in [1.54, 1.807) is 56.7 Å². The van der Waals surface area contributed by atoms with Crippen LogP contribution in [-0.2, 0) is 0 Å². The van der Waals surface area contributed by atoms with Crippen molar-refractivity contribution in [2.45, 2.75) is 6.92 Å². The topological polar surface area (TPSA) is 102 Å². The number of nitrogens with one attached hydrogen (secondary N) is 2. The van der Waals surface area contributed by atoms with E-state index >= 15 is 0 Å². The Hall–Kier alpha value is -3.94. The van der Waals surface area contributed by atoms with Crippen LogP contribution in [0.1, 0.15) is 27.8 Å². The van der Waals surface area contributed by atoms with Gasteiger partial charge >= 0.3 is 0 Å². The number of ether oxygens (including phenoxy) is 2. The molecule has 0 bridgehead atoms. The molecular formula is C21H20N4O4. The number of carbonyl (C=O) groups excluding carboxylic acids is 2. The summed E-state index contributed by atoms with van der Waals surface area (Å²) in [5.41, 5.74) is 1.95. The smallest absolute Gasteiger partial charge is 0.274 e. The molecule has 0 unspecified atom stereocenters. The summed E-state index contributed by atoms with van der Waals surface area (Å²) in [5.74, 6) is 1.23. The average molecular weight is 392 g/mol. The van der Waals surface area contributed by atoms with E-state index in [-0.39, 0.29) is 11.5 Å².